The van der Waals surface area contributed by atoms with Crippen LogP contribution >= 0.6 is 0 Å². The average molecular weight is 169 g/mol. The van der Waals surface area contributed by atoms with Gasteiger partial charge >= 0.3 is 0 Å². The molecule has 1 atom stereocenters. The first-order valence-electron chi connectivity index (χ1n) is 3.96. The first-order chi connectivity index (χ1) is 5.77. The number of nitrogens with one attached hydrogen (secondary N) is 1. The largest absolute Gasteiger partial charge is 0.310 e. The van der Waals surface area contributed by atoms with Gasteiger partial charge in [-0.2, -0.15) is 0 Å². The fourth-order valence-corrected chi connectivity index (χ4v) is 1.34. The lowest BCUT2D eigenvalue weighted by Gasteiger charge is -2.28. The molecule has 1 aromatic rings. The van der Waals surface area contributed by atoms with Gasteiger partial charge in [-0.15, -0.1) is 0 Å². The molecule has 0 aromatic heterocycles. The molecule has 0 amide bonds. The Morgan fingerprint density at radius 1 is 1.33 bits per heavy atom. The van der Waals surface area contributed by atoms with Crippen molar-refractivity contribution in [1.29, 1.82) is 0 Å². The number of hydrogen-bond acceptors (Lipinski definition) is 1. The van der Waals surface area contributed by atoms with E-state index in [-0.39, 0.29) is 6.04 Å². The van der Waals surface area contributed by atoms with E-state index in [4.69, 9.17) is 0 Å². The number of hydrogen-bond donors (Lipinski definition) is 1. The maximum atomic E-state index is 13.0. The predicted octanol–water partition coefficient (Wildman–Crippen LogP) is 2.00. The molecule has 1 heterocycles. The summed E-state index contributed by atoms with van der Waals surface area (Å²) in [5.41, 5.74) is 0.572. The highest BCUT2D eigenvalue weighted by atomic mass is 19.1. The van der Waals surface area contributed by atoms with Crippen LogP contribution < -0.4 is 5.32 Å². The van der Waals surface area contributed by atoms with Crippen molar-refractivity contribution >= 4 is 0 Å². The molecule has 12 heavy (non-hydrogen) atoms. The number of rotatable bonds is 1. The molecule has 0 bridgehead atoms. The summed E-state index contributed by atoms with van der Waals surface area (Å²) in [6.07, 6.45) is 0.933. The lowest BCUT2D eigenvalue weighted by Crippen LogP contribution is -2.35. The Hall–Kier alpha value is -0.960. The maximum absolute atomic E-state index is 13.0. The molecule has 0 saturated carbocycles. The number of halogens is 2. The van der Waals surface area contributed by atoms with Crippen LogP contribution in [-0.4, -0.2) is 6.54 Å². The molecule has 1 fully saturated rings. The Labute approximate surface area is 69.4 Å². The van der Waals surface area contributed by atoms with Gasteiger partial charge in [-0.1, -0.05) is 6.07 Å². The minimum absolute atomic E-state index is 0.0885. The van der Waals surface area contributed by atoms with Gasteiger partial charge in [-0.3, -0.25) is 0 Å². The highest BCUT2D eigenvalue weighted by molar-refractivity contribution is 5.23. The van der Waals surface area contributed by atoms with Crippen molar-refractivity contribution in [3.05, 3.63) is 35.4 Å². The average Bonchev–Trinajstić information content (AvgIpc) is 1.91. The SMILES string of the molecule is Fc1ccc([C@H]2CCN2)c(F)c1. The van der Waals surface area contributed by atoms with Gasteiger partial charge in [0.1, 0.15) is 11.6 Å². The van der Waals surface area contributed by atoms with Gasteiger partial charge in [-0.05, 0) is 19.0 Å². The Balaban J connectivity index is 2.31. The Morgan fingerprint density at radius 2 is 2.08 bits per heavy atom. The lowest BCUT2D eigenvalue weighted by atomic mass is 9.98. The molecule has 1 aromatic carbocycles. The second-order valence-electron chi connectivity index (χ2n) is 2.96. The van der Waals surface area contributed by atoms with Gasteiger partial charge in [-0.25, -0.2) is 8.78 Å². The van der Waals surface area contributed by atoms with Gasteiger partial charge < -0.3 is 5.32 Å². The van der Waals surface area contributed by atoms with Gasteiger partial charge in [0.15, 0.2) is 0 Å². The van der Waals surface area contributed by atoms with Crippen LogP contribution in [0.1, 0.15) is 18.0 Å². The molecule has 64 valence electrons. The monoisotopic (exact) mass is 169 g/mol. The van der Waals surface area contributed by atoms with Crippen molar-refractivity contribution in [1.82, 2.24) is 5.32 Å². The molecular formula is C9H9F2N. The maximum Gasteiger partial charge on any atom is 0.130 e. The van der Waals surface area contributed by atoms with E-state index >= 15 is 0 Å². The minimum atomic E-state index is -0.518. The van der Waals surface area contributed by atoms with Gasteiger partial charge in [0.05, 0.1) is 0 Å². The second kappa shape index (κ2) is 2.83. The van der Waals surface area contributed by atoms with Crippen molar-refractivity contribution in [2.24, 2.45) is 0 Å². The molecule has 0 aliphatic carbocycles. The summed E-state index contributed by atoms with van der Waals surface area (Å²) in [7, 11) is 0. The molecule has 1 N–H and O–H groups in total. The summed E-state index contributed by atoms with van der Waals surface area (Å²) < 4.78 is 25.5. The summed E-state index contributed by atoms with van der Waals surface area (Å²) in [6.45, 7) is 0.918. The van der Waals surface area contributed by atoms with E-state index in [2.05, 4.69) is 5.32 Å². The molecule has 0 unspecified atom stereocenters. The van der Waals surface area contributed by atoms with E-state index < -0.39 is 11.6 Å². The van der Waals surface area contributed by atoms with E-state index in [1.165, 1.54) is 12.1 Å². The van der Waals surface area contributed by atoms with Crippen LogP contribution in [0, 0.1) is 11.6 Å². The van der Waals surface area contributed by atoms with Crippen LogP contribution in [0.15, 0.2) is 18.2 Å². The third-order valence-electron chi connectivity index (χ3n) is 2.16. The topological polar surface area (TPSA) is 12.0 Å². The second-order valence-corrected chi connectivity index (χ2v) is 2.96. The van der Waals surface area contributed by atoms with Gasteiger partial charge in [0.2, 0.25) is 0 Å². The zero-order valence-electron chi connectivity index (χ0n) is 6.48. The highest BCUT2D eigenvalue weighted by Gasteiger charge is 2.21. The normalized spacial score (nSPS) is 22.0. The molecule has 3 heteroatoms. The fourth-order valence-electron chi connectivity index (χ4n) is 1.34. The Kier molecular flexibility index (Phi) is 1.81. The summed E-state index contributed by atoms with van der Waals surface area (Å²) in [5, 5.41) is 3.06. The van der Waals surface area contributed by atoms with E-state index in [9.17, 15) is 8.78 Å². The third-order valence-corrected chi connectivity index (χ3v) is 2.16. The summed E-state index contributed by atoms with van der Waals surface area (Å²) >= 11 is 0. The Bertz CT molecular complexity index is 295. The molecule has 1 saturated heterocycles. The van der Waals surface area contributed by atoms with Crippen LogP contribution in [0.4, 0.5) is 8.78 Å². The quantitative estimate of drug-likeness (QED) is 0.678. The van der Waals surface area contributed by atoms with Crippen LogP contribution in [0.5, 0.6) is 0 Å². The highest BCUT2D eigenvalue weighted by Crippen LogP contribution is 2.25. The van der Waals surface area contributed by atoms with Gasteiger partial charge in [0.25, 0.3) is 0 Å². The van der Waals surface area contributed by atoms with Crippen LogP contribution in [-0.2, 0) is 0 Å². The summed E-state index contributed by atoms with van der Waals surface area (Å²) in [4.78, 5) is 0. The van der Waals surface area contributed by atoms with Crippen LogP contribution in [0.3, 0.4) is 0 Å². The molecule has 1 aliphatic rings. The summed E-state index contributed by atoms with van der Waals surface area (Å²) in [5.74, 6) is -0.970. The zero-order valence-corrected chi connectivity index (χ0v) is 6.48. The van der Waals surface area contributed by atoms with Crippen molar-refractivity contribution in [2.45, 2.75) is 12.5 Å². The van der Waals surface area contributed by atoms with E-state index in [0.717, 1.165) is 19.0 Å². The van der Waals surface area contributed by atoms with Gasteiger partial charge in [0, 0.05) is 17.7 Å². The van der Waals surface area contributed by atoms with Crippen LogP contribution in [0.2, 0.25) is 0 Å². The standard InChI is InChI=1S/C9H9F2N/c10-6-1-2-7(8(11)5-6)9-3-4-12-9/h1-2,5,9,12H,3-4H2/t9-/m1/s1. The molecule has 0 spiro atoms. The van der Waals surface area contributed by atoms with Crippen molar-refractivity contribution in [3.8, 4) is 0 Å². The molecule has 1 aliphatic heterocycles. The molecular weight excluding hydrogens is 160 g/mol. The summed E-state index contributed by atoms with van der Waals surface area (Å²) in [6, 6.07) is 3.81. The van der Waals surface area contributed by atoms with Crippen LogP contribution in [0.25, 0.3) is 0 Å². The first-order valence-corrected chi connectivity index (χ1v) is 3.96. The lowest BCUT2D eigenvalue weighted by molar-refractivity contribution is 0.369. The fraction of sp³-hybridized carbons (Fsp3) is 0.333. The smallest absolute Gasteiger partial charge is 0.130 e. The molecule has 1 nitrogen and oxygen atoms in total. The van der Waals surface area contributed by atoms with E-state index in [0.29, 0.717) is 5.56 Å². The Morgan fingerprint density at radius 3 is 2.58 bits per heavy atom. The minimum Gasteiger partial charge on any atom is -0.310 e. The third kappa shape index (κ3) is 1.20. The predicted molar refractivity (Wildman–Crippen MR) is 41.7 cm³/mol. The molecule has 2 rings (SSSR count). The zero-order chi connectivity index (χ0) is 8.55. The first kappa shape index (κ1) is 7.68. The molecule has 0 radical (unpaired) electrons. The van der Waals surface area contributed by atoms with Crippen molar-refractivity contribution in [2.75, 3.05) is 6.54 Å². The number of benzene rings is 1. The van der Waals surface area contributed by atoms with E-state index in [1.54, 1.807) is 0 Å². The van der Waals surface area contributed by atoms with E-state index in [1.807, 2.05) is 0 Å². The van der Waals surface area contributed by atoms with Crippen molar-refractivity contribution < 1.29 is 8.78 Å². The van der Waals surface area contributed by atoms with Crippen molar-refractivity contribution in [3.63, 3.8) is 0 Å².